The van der Waals surface area contributed by atoms with Crippen LogP contribution in [0.15, 0.2) is 28.8 Å². The third-order valence-electron chi connectivity index (χ3n) is 2.96. The lowest BCUT2D eigenvalue weighted by atomic mass is 10.2. The molecule has 0 saturated carbocycles. The summed E-state index contributed by atoms with van der Waals surface area (Å²) in [5, 5.41) is 16.3. The molecule has 112 valence electrons. The number of carbonyl (C=O) groups is 1. The zero-order chi connectivity index (χ0) is 15.2. The fraction of sp³-hybridized carbons (Fsp3) is 0.357. The highest BCUT2D eigenvalue weighted by atomic mass is 35.5. The number of nitrogens with one attached hydrogen (secondary N) is 1. The standard InChI is InChI=1S/C14H16ClN3O3/c1-2-5-11(14(19)20)16-8-12-17-13(18-21-12)9-6-3-4-7-10(9)15/h3-4,6-7,11,16H,2,5,8H2,1H3,(H,19,20). The molecule has 2 rings (SSSR count). The average molecular weight is 310 g/mol. The van der Waals surface area contributed by atoms with Gasteiger partial charge in [-0.1, -0.05) is 42.2 Å². The van der Waals surface area contributed by atoms with Crippen LogP contribution in [-0.2, 0) is 11.3 Å². The highest BCUT2D eigenvalue weighted by molar-refractivity contribution is 6.33. The number of carboxylic acid groups (broad SMARTS) is 1. The average Bonchev–Trinajstić information content (AvgIpc) is 2.92. The van der Waals surface area contributed by atoms with Crippen LogP contribution in [0, 0.1) is 0 Å². The van der Waals surface area contributed by atoms with Crippen molar-refractivity contribution in [3.05, 3.63) is 35.2 Å². The second kappa shape index (κ2) is 7.19. The Labute approximate surface area is 127 Å². The lowest BCUT2D eigenvalue weighted by molar-refractivity contribution is -0.139. The largest absolute Gasteiger partial charge is 0.480 e. The van der Waals surface area contributed by atoms with E-state index >= 15 is 0 Å². The van der Waals surface area contributed by atoms with E-state index in [0.717, 1.165) is 6.42 Å². The van der Waals surface area contributed by atoms with Gasteiger partial charge in [-0.2, -0.15) is 4.98 Å². The van der Waals surface area contributed by atoms with Gasteiger partial charge in [0.25, 0.3) is 0 Å². The van der Waals surface area contributed by atoms with Gasteiger partial charge in [-0.25, -0.2) is 0 Å². The lowest BCUT2D eigenvalue weighted by Gasteiger charge is -2.11. The molecule has 0 radical (unpaired) electrons. The molecule has 0 saturated heterocycles. The smallest absolute Gasteiger partial charge is 0.320 e. The minimum atomic E-state index is -0.886. The summed E-state index contributed by atoms with van der Waals surface area (Å²) in [5.74, 6) is -0.172. The Hall–Kier alpha value is -1.92. The lowest BCUT2D eigenvalue weighted by Crippen LogP contribution is -2.36. The molecule has 0 fully saturated rings. The van der Waals surface area contributed by atoms with E-state index in [1.807, 2.05) is 19.1 Å². The molecule has 0 aliphatic carbocycles. The molecule has 2 N–H and O–H groups in total. The Morgan fingerprint density at radius 1 is 1.48 bits per heavy atom. The quantitative estimate of drug-likeness (QED) is 0.817. The predicted octanol–water partition coefficient (Wildman–Crippen LogP) is 2.73. The highest BCUT2D eigenvalue weighted by Crippen LogP contribution is 2.24. The van der Waals surface area contributed by atoms with Crippen molar-refractivity contribution >= 4 is 17.6 Å². The molecule has 1 aromatic carbocycles. The molecule has 0 bridgehead atoms. The van der Waals surface area contributed by atoms with Gasteiger partial charge in [0.2, 0.25) is 11.7 Å². The summed E-state index contributed by atoms with van der Waals surface area (Å²) in [7, 11) is 0. The minimum Gasteiger partial charge on any atom is -0.480 e. The summed E-state index contributed by atoms with van der Waals surface area (Å²) >= 11 is 6.06. The normalized spacial score (nSPS) is 12.3. The number of rotatable bonds is 7. The molecular formula is C14H16ClN3O3. The van der Waals surface area contributed by atoms with Gasteiger partial charge in [-0.05, 0) is 18.6 Å². The van der Waals surface area contributed by atoms with Gasteiger partial charge in [0.05, 0.1) is 11.6 Å². The highest BCUT2D eigenvalue weighted by Gasteiger charge is 2.17. The van der Waals surface area contributed by atoms with Gasteiger partial charge >= 0.3 is 5.97 Å². The van der Waals surface area contributed by atoms with Crippen molar-refractivity contribution in [3.63, 3.8) is 0 Å². The maximum atomic E-state index is 11.0. The van der Waals surface area contributed by atoms with E-state index in [0.29, 0.717) is 28.7 Å². The van der Waals surface area contributed by atoms with Gasteiger partial charge in [0.1, 0.15) is 6.04 Å². The van der Waals surface area contributed by atoms with Crippen molar-refractivity contribution in [2.45, 2.75) is 32.4 Å². The van der Waals surface area contributed by atoms with Crippen LogP contribution < -0.4 is 5.32 Å². The monoisotopic (exact) mass is 309 g/mol. The summed E-state index contributed by atoms with van der Waals surface area (Å²) in [6, 6.07) is 6.56. The van der Waals surface area contributed by atoms with Crippen LogP contribution >= 0.6 is 11.6 Å². The van der Waals surface area contributed by atoms with Gasteiger partial charge < -0.3 is 9.63 Å². The van der Waals surface area contributed by atoms with E-state index in [1.54, 1.807) is 12.1 Å². The molecule has 1 atom stereocenters. The van der Waals surface area contributed by atoms with Crippen LogP contribution in [0.2, 0.25) is 5.02 Å². The summed E-state index contributed by atoms with van der Waals surface area (Å²) in [5.41, 5.74) is 0.678. The molecule has 1 unspecified atom stereocenters. The zero-order valence-corrected chi connectivity index (χ0v) is 12.3. The first kappa shape index (κ1) is 15.5. The Balaban J connectivity index is 2.04. The van der Waals surface area contributed by atoms with Crippen LogP contribution in [0.1, 0.15) is 25.7 Å². The summed E-state index contributed by atoms with van der Waals surface area (Å²) < 4.78 is 5.11. The molecule has 6 nitrogen and oxygen atoms in total. The summed E-state index contributed by atoms with van der Waals surface area (Å²) in [6.45, 7) is 2.13. The fourth-order valence-corrected chi connectivity index (χ4v) is 2.11. The first-order chi connectivity index (χ1) is 10.1. The van der Waals surface area contributed by atoms with Crippen LogP contribution in [-0.4, -0.2) is 27.3 Å². The number of aliphatic carboxylic acids is 1. The summed E-state index contributed by atoms with van der Waals surface area (Å²) in [4.78, 5) is 15.3. The molecule has 1 heterocycles. The number of aromatic nitrogens is 2. The van der Waals surface area contributed by atoms with Crippen molar-refractivity contribution in [1.82, 2.24) is 15.5 Å². The van der Waals surface area contributed by atoms with E-state index in [9.17, 15) is 4.79 Å². The van der Waals surface area contributed by atoms with Crippen LogP contribution in [0.4, 0.5) is 0 Å². The number of nitrogens with zero attached hydrogens (tertiary/aromatic N) is 2. The Morgan fingerprint density at radius 3 is 2.90 bits per heavy atom. The van der Waals surface area contributed by atoms with E-state index in [-0.39, 0.29) is 6.54 Å². The van der Waals surface area contributed by atoms with E-state index in [1.165, 1.54) is 0 Å². The Kier molecular flexibility index (Phi) is 5.30. The second-order valence-electron chi connectivity index (χ2n) is 4.55. The Bertz CT molecular complexity index is 615. The van der Waals surface area contributed by atoms with Crippen molar-refractivity contribution in [3.8, 4) is 11.4 Å². The molecule has 1 aromatic heterocycles. The van der Waals surface area contributed by atoms with Crippen molar-refractivity contribution in [2.24, 2.45) is 0 Å². The van der Waals surface area contributed by atoms with Crippen LogP contribution in [0.25, 0.3) is 11.4 Å². The van der Waals surface area contributed by atoms with Crippen LogP contribution in [0.3, 0.4) is 0 Å². The third kappa shape index (κ3) is 4.03. The SMILES string of the molecule is CCCC(NCc1nc(-c2ccccc2Cl)no1)C(=O)O. The molecule has 21 heavy (non-hydrogen) atoms. The number of hydrogen-bond donors (Lipinski definition) is 2. The van der Waals surface area contributed by atoms with E-state index in [4.69, 9.17) is 21.2 Å². The molecule has 2 aromatic rings. The molecule has 0 aliphatic heterocycles. The predicted molar refractivity (Wildman–Crippen MR) is 77.9 cm³/mol. The summed E-state index contributed by atoms with van der Waals surface area (Å²) in [6.07, 6.45) is 1.32. The fourth-order valence-electron chi connectivity index (χ4n) is 1.89. The van der Waals surface area contributed by atoms with Gasteiger partial charge in [-0.15, -0.1) is 0 Å². The first-order valence-corrected chi connectivity index (χ1v) is 7.03. The van der Waals surface area contributed by atoms with Crippen LogP contribution in [0.5, 0.6) is 0 Å². The third-order valence-corrected chi connectivity index (χ3v) is 3.29. The number of benzene rings is 1. The van der Waals surface area contributed by atoms with Gasteiger partial charge in [-0.3, -0.25) is 10.1 Å². The van der Waals surface area contributed by atoms with Crippen molar-refractivity contribution in [1.29, 1.82) is 0 Å². The topological polar surface area (TPSA) is 88.3 Å². The zero-order valence-electron chi connectivity index (χ0n) is 11.5. The number of halogens is 1. The number of carboxylic acids is 1. The van der Waals surface area contributed by atoms with Gasteiger partial charge in [0.15, 0.2) is 0 Å². The number of hydrogen-bond acceptors (Lipinski definition) is 5. The van der Waals surface area contributed by atoms with E-state index < -0.39 is 12.0 Å². The van der Waals surface area contributed by atoms with Crippen molar-refractivity contribution < 1.29 is 14.4 Å². The Morgan fingerprint density at radius 2 is 2.24 bits per heavy atom. The minimum absolute atomic E-state index is 0.203. The second-order valence-corrected chi connectivity index (χ2v) is 4.96. The maximum Gasteiger partial charge on any atom is 0.320 e. The molecule has 0 amide bonds. The molecular weight excluding hydrogens is 294 g/mol. The maximum absolute atomic E-state index is 11.0. The molecule has 7 heteroatoms. The first-order valence-electron chi connectivity index (χ1n) is 6.65. The van der Waals surface area contributed by atoms with Crippen molar-refractivity contribution in [2.75, 3.05) is 0 Å². The van der Waals surface area contributed by atoms with Gasteiger partial charge in [0, 0.05) is 5.56 Å². The molecule has 0 aliphatic rings. The van der Waals surface area contributed by atoms with E-state index in [2.05, 4.69) is 15.5 Å². The molecule has 0 spiro atoms.